The zero-order valence-corrected chi connectivity index (χ0v) is 21.9. The van der Waals surface area contributed by atoms with Crippen molar-refractivity contribution in [1.29, 1.82) is 0 Å². The summed E-state index contributed by atoms with van der Waals surface area (Å²) in [4.78, 5) is 10.6. The Morgan fingerprint density at radius 1 is 0.757 bits per heavy atom. The first-order chi connectivity index (χ1) is 18.2. The van der Waals surface area contributed by atoms with Crippen LogP contribution in [-0.4, -0.2) is 11.7 Å². The predicted molar refractivity (Wildman–Crippen MR) is 165 cm³/mol. The molecule has 0 unspecified atom stereocenters. The van der Waals surface area contributed by atoms with Gasteiger partial charge in [0.1, 0.15) is 0 Å². The lowest BCUT2D eigenvalue weighted by atomic mass is 9.94. The molecule has 0 radical (unpaired) electrons. The molecule has 0 aliphatic carbocycles. The summed E-state index contributed by atoms with van der Waals surface area (Å²) in [6.45, 7) is 5.65. The average Bonchev–Trinajstić information content (AvgIpc) is 3.58. The Labute approximate surface area is 222 Å². The van der Waals surface area contributed by atoms with E-state index in [4.69, 9.17) is 0 Å². The molecule has 37 heavy (non-hydrogen) atoms. The molecule has 0 aliphatic heterocycles. The average molecular weight is 511 g/mol. The van der Waals surface area contributed by atoms with E-state index in [1.54, 1.807) is 6.20 Å². The van der Waals surface area contributed by atoms with Crippen LogP contribution in [0.5, 0.6) is 0 Å². The maximum absolute atomic E-state index is 4.31. The van der Waals surface area contributed by atoms with Crippen molar-refractivity contribution in [2.24, 2.45) is 4.99 Å². The summed E-state index contributed by atoms with van der Waals surface area (Å²) in [5.74, 6) is 0. The number of aliphatic imine (C=N–C) groups is 1. The molecule has 0 amide bonds. The molecule has 0 saturated carbocycles. The molecule has 3 aromatic heterocycles. The van der Waals surface area contributed by atoms with Crippen LogP contribution < -0.4 is 0 Å². The minimum atomic E-state index is 1.17. The van der Waals surface area contributed by atoms with E-state index >= 15 is 0 Å². The van der Waals surface area contributed by atoms with Crippen LogP contribution in [0.15, 0.2) is 109 Å². The van der Waals surface area contributed by atoms with Crippen LogP contribution >= 0.6 is 22.7 Å². The number of hydrogen-bond donors (Lipinski definition) is 0. The summed E-state index contributed by atoms with van der Waals surface area (Å²) in [7, 11) is 0. The molecule has 0 saturated heterocycles. The molecule has 7 rings (SSSR count). The molecule has 0 bridgehead atoms. The molecule has 0 fully saturated rings. The van der Waals surface area contributed by atoms with E-state index in [-0.39, 0.29) is 0 Å². The topological polar surface area (TPSA) is 25.2 Å². The molecule has 7 aromatic rings. The second-order valence-electron chi connectivity index (χ2n) is 9.21. The predicted octanol–water partition coefficient (Wildman–Crippen LogP) is 10.3. The first kappa shape index (κ1) is 22.1. The molecular weight excluding hydrogens is 489 g/mol. The number of allylic oxidation sites excluding steroid dienone is 3. The summed E-state index contributed by atoms with van der Waals surface area (Å²) in [5, 5.41) is 10.4. The third-order valence-electron chi connectivity index (χ3n) is 7.06. The van der Waals surface area contributed by atoms with Gasteiger partial charge in [-0.2, -0.15) is 0 Å². The van der Waals surface area contributed by atoms with E-state index in [1.165, 1.54) is 73.4 Å². The van der Waals surface area contributed by atoms with Crippen molar-refractivity contribution in [3.8, 4) is 10.4 Å². The number of fused-ring (bicyclic) bond motifs is 9. The second kappa shape index (κ2) is 8.77. The molecule has 2 nitrogen and oxygen atoms in total. The monoisotopic (exact) mass is 510 g/mol. The number of benzene rings is 4. The maximum Gasteiger partial charge on any atom is 0.0371 e. The van der Waals surface area contributed by atoms with Crippen LogP contribution in [0.1, 0.15) is 11.8 Å². The molecule has 0 spiro atoms. The van der Waals surface area contributed by atoms with Crippen molar-refractivity contribution in [1.82, 2.24) is 4.98 Å². The van der Waals surface area contributed by atoms with Crippen LogP contribution in [0.4, 0.5) is 0 Å². The van der Waals surface area contributed by atoms with E-state index < -0.39 is 0 Å². The Hall–Kier alpha value is -4.12. The lowest BCUT2D eigenvalue weighted by Gasteiger charge is -2.09. The van der Waals surface area contributed by atoms with Gasteiger partial charge in [-0.05, 0) is 87.9 Å². The van der Waals surface area contributed by atoms with Gasteiger partial charge >= 0.3 is 0 Å². The van der Waals surface area contributed by atoms with Crippen LogP contribution in [0.3, 0.4) is 0 Å². The third kappa shape index (κ3) is 3.60. The zero-order valence-electron chi connectivity index (χ0n) is 20.2. The molecule has 0 aliphatic rings. The number of pyridine rings is 1. The van der Waals surface area contributed by atoms with Gasteiger partial charge in [0.2, 0.25) is 0 Å². The summed E-state index contributed by atoms with van der Waals surface area (Å²) in [6, 6.07) is 27.1. The Morgan fingerprint density at radius 2 is 1.35 bits per heavy atom. The maximum atomic E-state index is 4.31. The Bertz CT molecular complexity index is 2060. The standard InChI is InChI=1S/C33H22N2S2/c1-20(5-3-15-34-2)32-17-28-26-9-7-23-22(24(26)11-13-30(28)36-32)8-10-27-25(23)12-14-31-29(27)18-33(37-31)21-6-4-16-35-19-21/h3-19H,2H2,1H3/b15-3-,20-5+. The van der Waals surface area contributed by atoms with Gasteiger partial charge in [-0.1, -0.05) is 48.5 Å². The Balaban J connectivity index is 1.42. The van der Waals surface area contributed by atoms with Crippen molar-refractivity contribution >= 4 is 87.5 Å². The Morgan fingerprint density at radius 3 is 1.97 bits per heavy atom. The van der Waals surface area contributed by atoms with Crippen molar-refractivity contribution in [2.45, 2.75) is 6.92 Å². The molecule has 0 N–H and O–H groups in total. The van der Waals surface area contributed by atoms with Gasteiger partial charge in [0.15, 0.2) is 0 Å². The fourth-order valence-corrected chi connectivity index (χ4v) is 7.38. The van der Waals surface area contributed by atoms with E-state index in [0.717, 1.165) is 0 Å². The van der Waals surface area contributed by atoms with Gasteiger partial charge in [-0.25, -0.2) is 0 Å². The summed E-state index contributed by atoms with van der Waals surface area (Å²) >= 11 is 3.67. The molecule has 176 valence electrons. The number of hydrogen-bond acceptors (Lipinski definition) is 4. The third-order valence-corrected chi connectivity index (χ3v) is 9.45. The lowest BCUT2D eigenvalue weighted by molar-refractivity contribution is 1.33. The minimum absolute atomic E-state index is 1.17. The first-order valence-electron chi connectivity index (χ1n) is 12.2. The van der Waals surface area contributed by atoms with Crippen molar-refractivity contribution in [3.63, 3.8) is 0 Å². The largest absolute Gasteiger partial charge is 0.273 e. The molecule has 0 atom stereocenters. The van der Waals surface area contributed by atoms with E-state index in [0.29, 0.717) is 0 Å². The zero-order chi connectivity index (χ0) is 24.9. The van der Waals surface area contributed by atoms with Crippen molar-refractivity contribution < 1.29 is 0 Å². The van der Waals surface area contributed by atoms with Gasteiger partial charge in [0.25, 0.3) is 0 Å². The SMILES string of the molecule is C=N/C=C\C=C(/C)c1cc2c(ccc3c2ccc2c4ccc5sc(-c6cccnc6)cc5c4ccc32)s1. The van der Waals surface area contributed by atoms with Gasteiger partial charge in [-0.3, -0.25) is 9.98 Å². The van der Waals surface area contributed by atoms with Crippen LogP contribution in [0.2, 0.25) is 0 Å². The van der Waals surface area contributed by atoms with E-state index in [1.807, 2.05) is 47.2 Å². The highest BCUT2D eigenvalue weighted by Crippen LogP contribution is 2.42. The van der Waals surface area contributed by atoms with Gasteiger partial charge in [0, 0.05) is 54.1 Å². The second-order valence-corrected chi connectivity index (χ2v) is 11.4. The molecule has 4 aromatic carbocycles. The molecule has 3 heterocycles. The quantitative estimate of drug-likeness (QED) is 0.131. The summed E-state index contributed by atoms with van der Waals surface area (Å²) in [5.41, 5.74) is 2.40. The molecule has 4 heteroatoms. The number of rotatable bonds is 4. The van der Waals surface area contributed by atoms with E-state index in [2.05, 4.69) is 96.4 Å². The normalized spacial score (nSPS) is 12.6. The van der Waals surface area contributed by atoms with Crippen LogP contribution in [-0.2, 0) is 0 Å². The van der Waals surface area contributed by atoms with Gasteiger partial charge in [-0.15, -0.1) is 22.7 Å². The lowest BCUT2D eigenvalue weighted by Crippen LogP contribution is -1.82. The smallest absolute Gasteiger partial charge is 0.0371 e. The van der Waals surface area contributed by atoms with Crippen molar-refractivity contribution in [3.05, 3.63) is 108 Å². The highest BCUT2D eigenvalue weighted by Gasteiger charge is 2.13. The summed E-state index contributed by atoms with van der Waals surface area (Å²) < 4.78 is 2.62. The van der Waals surface area contributed by atoms with Crippen molar-refractivity contribution in [2.75, 3.05) is 0 Å². The fourth-order valence-electron chi connectivity index (χ4n) is 5.25. The highest BCUT2D eigenvalue weighted by atomic mass is 32.1. The fraction of sp³-hybridized carbons (Fsp3) is 0.0303. The number of aromatic nitrogens is 1. The van der Waals surface area contributed by atoms with E-state index in [9.17, 15) is 0 Å². The minimum Gasteiger partial charge on any atom is -0.273 e. The van der Waals surface area contributed by atoms with Crippen LogP contribution in [0, 0.1) is 0 Å². The molecular formula is C33H22N2S2. The van der Waals surface area contributed by atoms with Crippen LogP contribution in [0.25, 0.3) is 68.5 Å². The number of thiophene rings is 2. The van der Waals surface area contributed by atoms with Gasteiger partial charge < -0.3 is 0 Å². The summed E-state index contributed by atoms with van der Waals surface area (Å²) in [6.07, 6.45) is 9.51. The highest BCUT2D eigenvalue weighted by molar-refractivity contribution is 7.22. The Kier molecular flexibility index (Phi) is 5.24. The first-order valence-corrected chi connectivity index (χ1v) is 13.8. The van der Waals surface area contributed by atoms with Gasteiger partial charge in [0.05, 0.1) is 0 Å². The number of nitrogens with zero attached hydrogens (tertiary/aromatic N) is 2.